The van der Waals surface area contributed by atoms with Gasteiger partial charge in [0.1, 0.15) is 0 Å². The second kappa shape index (κ2) is 8.21. The van der Waals surface area contributed by atoms with E-state index in [1.807, 2.05) is 42.5 Å². The van der Waals surface area contributed by atoms with Crippen LogP contribution in [0.4, 0.5) is 0 Å². The van der Waals surface area contributed by atoms with Gasteiger partial charge in [-0.2, -0.15) is 0 Å². The van der Waals surface area contributed by atoms with Crippen LogP contribution < -0.4 is 5.32 Å². The van der Waals surface area contributed by atoms with Gasteiger partial charge in [0.2, 0.25) is 0 Å². The lowest BCUT2D eigenvalue weighted by molar-refractivity contribution is 0.0932. The van der Waals surface area contributed by atoms with Crippen molar-refractivity contribution in [2.45, 2.75) is 18.9 Å². The summed E-state index contributed by atoms with van der Waals surface area (Å²) >= 11 is 0. The van der Waals surface area contributed by atoms with E-state index in [-0.39, 0.29) is 18.6 Å². The number of carbonyl (C=O) groups is 1. The summed E-state index contributed by atoms with van der Waals surface area (Å²) in [5.41, 5.74) is 2.45. The predicted octanol–water partition coefficient (Wildman–Crippen LogP) is 2.51. The number of benzene rings is 2. The largest absolute Gasteiger partial charge is 0.396 e. The Hall–Kier alpha value is -2.99. The van der Waals surface area contributed by atoms with Crippen molar-refractivity contribution in [3.63, 3.8) is 0 Å². The van der Waals surface area contributed by atoms with Gasteiger partial charge in [-0.3, -0.25) is 4.79 Å². The number of rotatable bonds is 7. The van der Waals surface area contributed by atoms with Crippen molar-refractivity contribution in [3.8, 4) is 5.69 Å². The van der Waals surface area contributed by atoms with Crippen molar-refractivity contribution in [1.82, 2.24) is 20.3 Å². The van der Waals surface area contributed by atoms with Gasteiger partial charge in [0.05, 0.1) is 24.1 Å². The van der Waals surface area contributed by atoms with Gasteiger partial charge in [0.25, 0.3) is 5.91 Å². The Labute approximate surface area is 146 Å². The molecule has 6 heteroatoms. The number of aliphatic hydroxyl groups is 1. The summed E-state index contributed by atoms with van der Waals surface area (Å²) in [5.74, 6) is -0.142. The van der Waals surface area contributed by atoms with Gasteiger partial charge in [-0.15, -0.1) is 5.10 Å². The summed E-state index contributed by atoms with van der Waals surface area (Å²) < 4.78 is 1.63. The lowest BCUT2D eigenvalue weighted by Crippen LogP contribution is -2.28. The second-order valence-electron chi connectivity index (χ2n) is 5.70. The minimum Gasteiger partial charge on any atom is -0.396 e. The number of amides is 1. The highest BCUT2D eigenvalue weighted by atomic mass is 16.3. The van der Waals surface area contributed by atoms with E-state index < -0.39 is 0 Å². The van der Waals surface area contributed by atoms with E-state index in [9.17, 15) is 4.79 Å². The first-order chi connectivity index (χ1) is 12.3. The second-order valence-corrected chi connectivity index (χ2v) is 5.70. The summed E-state index contributed by atoms with van der Waals surface area (Å²) in [5, 5.41) is 19.9. The SMILES string of the molecule is O=C(NC(CCCO)c1ccccc1)c1ccc(-n2ccnn2)cc1. The fourth-order valence-corrected chi connectivity index (χ4v) is 2.66. The molecular weight excluding hydrogens is 316 g/mol. The number of hydrogen-bond donors (Lipinski definition) is 2. The Morgan fingerprint density at radius 2 is 1.88 bits per heavy atom. The highest BCUT2D eigenvalue weighted by molar-refractivity contribution is 5.94. The molecule has 0 fully saturated rings. The molecule has 0 aliphatic carbocycles. The van der Waals surface area contributed by atoms with Crippen molar-refractivity contribution in [2.75, 3.05) is 6.61 Å². The molecule has 1 aromatic heterocycles. The Morgan fingerprint density at radius 1 is 1.12 bits per heavy atom. The molecule has 0 saturated heterocycles. The molecule has 1 heterocycles. The molecule has 0 spiro atoms. The summed E-state index contributed by atoms with van der Waals surface area (Å²) in [7, 11) is 0. The Balaban J connectivity index is 1.72. The highest BCUT2D eigenvalue weighted by Crippen LogP contribution is 2.19. The van der Waals surface area contributed by atoms with Gasteiger partial charge in [0.15, 0.2) is 0 Å². The van der Waals surface area contributed by atoms with Crippen molar-refractivity contribution >= 4 is 5.91 Å². The van der Waals surface area contributed by atoms with Crippen LogP contribution >= 0.6 is 0 Å². The van der Waals surface area contributed by atoms with Crippen molar-refractivity contribution in [3.05, 3.63) is 78.1 Å². The van der Waals surface area contributed by atoms with Crippen LogP contribution in [0.2, 0.25) is 0 Å². The maximum atomic E-state index is 12.6. The van der Waals surface area contributed by atoms with E-state index in [1.54, 1.807) is 29.2 Å². The van der Waals surface area contributed by atoms with Crippen LogP contribution in [0.15, 0.2) is 67.0 Å². The van der Waals surface area contributed by atoms with Gasteiger partial charge in [-0.25, -0.2) is 4.68 Å². The number of aromatic nitrogens is 3. The topological polar surface area (TPSA) is 80.0 Å². The molecule has 25 heavy (non-hydrogen) atoms. The molecule has 3 aromatic rings. The zero-order chi connectivity index (χ0) is 17.5. The zero-order valence-electron chi connectivity index (χ0n) is 13.7. The minimum atomic E-state index is -0.142. The number of carbonyl (C=O) groups excluding carboxylic acids is 1. The first kappa shape index (κ1) is 16.9. The number of aliphatic hydroxyl groups excluding tert-OH is 1. The fourth-order valence-electron chi connectivity index (χ4n) is 2.66. The third kappa shape index (κ3) is 4.30. The molecule has 6 nitrogen and oxygen atoms in total. The van der Waals surface area contributed by atoms with Crippen molar-refractivity contribution in [1.29, 1.82) is 0 Å². The summed E-state index contributed by atoms with van der Waals surface area (Å²) in [4.78, 5) is 12.6. The third-order valence-corrected chi connectivity index (χ3v) is 3.97. The number of nitrogens with one attached hydrogen (secondary N) is 1. The molecule has 1 atom stereocenters. The Kier molecular flexibility index (Phi) is 5.53. The monoisotopic (exact) mass is 336 g/mol. The van der Waals surface area contributed by atoms with E-state index in [0.29, 0.717) is 18.4 Å². The smallest absolute Gasteiger partial charge is 0.251 e. The average Bonchev–Trinajstić information content (AvgIpc) is 3.20. The number of hydrogen-bond acceptors (Lipinski definition) is 4. The molecule has 2 aromatic carbocycles. The van der Waals surface area contributed by atoms with Gasteiger partial charge >= 0.3 is 0 Å². The van der Waals surface area contributed by atoms with E-state index >= 15 is 0 Å². The normalized spacial score (nSPS) is 11.9. The third-order valence-electron chi connectivity index (χ3n) is 3.97. The van der Waals surface area contributed by atoms with Gasteiger partial charge in [-0.05, 0) is 42.7 Å². The molecule has 0 saturated carbocycles. The summed E-state index contributed by atoms with van der Waals surface area (Å²) in [6.07, 6.45) is 4.66. The fraction of sp³-hybridized carbons (Fsp3) is 0.211. The predicted molar refractivity (Wildman–Crippen MR) is 94.3 cm³/mol. The first-order valence-electron chi connectivity index (χ1n) is 8.21. The van der Waals surface area contributed by atoms with Crippen molar-refractivity contribution in [2.24, 2.45) is 0 Å². The zero-order valence-corrected chi connectivity index (χ0v) is 13.7. The van der Waals surface area contributed by atoms with Crippen molar-refractivity contribution < 1.29 is 9.90 Å². The molecule has 1 amide bonds. The minimum absolute atomic E-state index is 0.103. The lowest BCUT2D eigenvalue weighted by Gasteiger charge is -2.19. The van der Waals surface area contributed by atoms with Gasteiger partial charge < -0.3 is 10.4 Å². The highest BCUT2D eigenvalue weighted by Gasteiger charge is 2.15. The van der Waals surface area contributed by atoms with E-state index in [0.717, 1.165) is 11.3 Å². The first-order valence-corrected chi connectivity index (χ1v) is 8.21. The lowest BCUT2D eigenvalue weighted by atomic mass is 10.0. The molecule has 128 valence electrons. The quantitative estimate of drug-likeness (QED) is 0.695. The molecule has 0 bridgehead atoms. The molecular formula is C19H20N4O2. The van der Waals surface area contributed by atoms with Crippen LogP contribution in [0.1, 0.15) is 34.8 Å². The summed E-state index contributed by atoms with van der Waals surface area (Å²) in [6.45, 7) is 0.103. The van der Waals surface area contributed by atoms with E-state index in [2.05, 4.69) is 15.6 Å². The van der Waals surface area contributed by atoms with Gasteiger partial charge in [0, 0.05) is 12.2 Å². The van der Waals surface area contributed by atoms with Crippen LogP contribution in [0.5, 0.6) is 0 Å². The van der Waals surface area contributed by atoms with Gasteiger partial charge in [-0.1, -0.05) is 35.5 Å². The molecule has 0 aliphatic rings. The molecule has 0 aliphatic heterocycles. The van der Waals surface area contributed by atoms with Crippen LogP contribution in [-0.2, 0) is 0 Å². The maximum absolute atomic E-state index is 12.6. The van der Waals surface area contributed by atoms with Crippen LogP contribution in [0.3, 0.4) is 0 Å². The van der Waals surface area contributed by atoms with Crippen LogP contribution in [0.25, 0.3) is 5.69 Å². The molecule has 0 radical (unpaired) electrons. The van der Waals surface area contributed by atoms with Crippen LogP contribution in [0, 0.1) is 0 Å². The Bertz CT molecular complexity index is 786. The van der Waals surface area contributed by atoms with E-state index in [4.69, 9.17) is 5.11 Å². The van der Waals surface area contributed by atoms with Crippen LogP contribution in [-0.4, -0.2) is 32.6 Å². The molecule has 1 unspecified atom stereocenters. The maximum Gasteiger partial charge on any atom is 0.251 e. The standard InChI is InChI=1S/C19H20N4O2/c24-14-4-7-18(15-5-2-1-3-6-15)21-19(25)16-8-10-17(11-9-16)23-13-12-20-22-23/h1-3,5-6,8-13,18,24H,4,7,14H2,(H,21,25). The molecule has 3 rings (SSSR count). The summed E-state index contributed by atoms with van der Waals surface area (Å²) in [6, 6.07) is 16.9. The van der Waals surface area contributed by atoms with E-state index in [1.165, 1.54) is 0 Å². The molecule has 2 N–H and O–H groups in total. The Morgan fingerprint density at radius 3 is 2.52 bits per heavy atom. The number of nitrogens with zero attached hydrogens (tertiary/aromatic N) is 3. The average molecular weight is 336 g/mol.